The Kier molecular flexibility index (Phi) is 57.7. The minimum Gasteiger partial charge on any atom is -0.462 e. The fourth-order valence-corrected chi connectivity index (χ4v) is 9.20. The summed E-state index contributed by atoms with van der Waals surface area (Å²) >= 11 is 0. The van der Waals surface area contributed by atoms with Crippen molar-refractivity contribution >= 4 is 17.9 Å². The molecule has 414 valence electrons. The molecule has 0 rings (SSSR count). The lowest BCUT2D eigenvalue weighted by atomic mass is 10.0. The van der Waals surface area contributed by atoms with Gasteiger partial charge in [0.15, 0.2) is 6.10 Å². The first-order valence-corrected chi connectivity index (χ1v) is 31.1. The van der Waals surface area contributed by atoms with E-state index in [1.165, 1.54) is 199 Å². The summed E-state index contributed by atoms with van der Waals surface area (Å²) in [5, 5.41) is 0. The average molecular weight is 996 g/mol. The van der Waals surface area contributed by atoms with E-state index in [1.807, 2.05) is 0 Å². The first-order valence-electron chi connectivity index (χ1n) is 31.1. The van der Waals surface area contributed by atoms with Crippen LogP contribution < -0.4 is 0 Å². The number of unbranched alkanes of at least 4 members (excludes halogenated alkanes) is 38. The summed E-state index contributed by atoms with van der Waals surface area (Å²) in [7, 11) is 0. The van der Waals surface area contributed by atoms with Crippen molar-refractivity contribution in [1.82, 2.24) is 0 Å². The highest BCUT2D eigenvalue weighted by atomic mass is 16.6. The minimum absolute atomic E-state index is 0.0784. The average Bonchev–Trinajstić information content (AvgIpc) is 3.37. The molecular formula is C65H118O6. The zero-order chi connectivity index (χ0) is 51.4. The van der Waals surface area contributed by atoms with Gasteiger partial charge in [0.05, 0.1) is 0 Å². The number of esters is 3. The van der Waals surface area contributed by atoms with E-state index in [4.69, 9.17) is 14.2 Å². The standard InChI is InChI=1S/C65H118O6/c1-4-7-10-13-16-19-22-25-28-31-33-35-37-40-43-46-49-52-55-58-64(67)70-61-62(60-69-63(66)57-54-51-48-45-42-39-36-30-27-24-21-18-15-12-9-6-3)71-65(68)59-56-53-50-47-44-41-38-34-32-29-26-23-20-17-14-11-8-5-2/h9,12,18,21,27,30,39,42,62H,4-8,10-11,13-17,19-20,22-26,28-29,31-38,40-41,43-61H2,1-3H3/b12-9-,21-18-,30-27-,42-39-. The topological polar surface area (TPSA) is 78.9 Å². The Morgan fingerprint density at radius 1 is 0.296 bits per heavy atom. The van der Waals surface area contributed by atoms with Crippen molar-refractivity contribution in [2.75, 3.05) is 13.2 Å². The monoisotopic (exact) mass is 995 g/mol. The Bertz CT molecular complexity index is 1230. The van der Waals surface area contributed by atoms with Gasteiger partial charge in [-0.3, -0.25) is 14.4 Å². The van der Waals surface area contributed by atoms with E-state index in [2.05, 4.69) is 69.4 Å². The summed E-state index contributed by atoms with van der Waals surface area (Å²) < 4.78 is 16.9. The third-order valence-corrected chi connectivity index (χ3v) is 13.8. The molecule has 0 aromatic rings. The molecule has 1 unspecified atom stereocenters. The second kappa shape index (κ2) is 59.9. The van der Waals surface area contributed by atoms with Crippen LogP contribution in [0.2, 0.25) is 0 Å². The Labute approximate surface area is 441 Å². The molecule has 0 aromatic carbocycles. The summed E-state index contributed by atoms with van der Waals surface area (Å²) in [6.45, 7) is 6.56. The maximum absolute atomic E-state index is 12.9. The predicted molar refractivity (Wildman–Crippen MR) is 307 cm³/mol. The number of carbonyl (C=O) groups excluding carboxylic acids is 3. The van der Waals surface area contributed by atoms with Crippen molar-refractivity contribution in [2.45, 2.75) is 335 Å². The largest absolute Gasteiger partial charge is 0.462 e. The Morgan fingerprint density at radius 3 is 0.859 bits per heavy atom. The van der Waals surface area contributed by atoms with Crippen LogP contribution in [0.4, 0.5) is 0 Å². The van der Waals surface area contributed by atoms with Gasteiger partial charge in [-0.05, 0) is 57.8 Å². The van der Waals surface area contributed by atoms with Gasteiger partial charge in [-0.25, -0.2) is 0 Å². The van der Waals surface area contributed by atoms with Crippen LogP contribution in [0.25, 0.3) is 0 Å². The van der Waals surface area contributed by atoms with Crippen LogP contribution in [0.1, 0.15) is 329 Å². The zero-order valence-corrected chi connectivity index (χ0v) is 47.5. The molecule has 0 aliphatic rings. The van der Waals surface area contributed by atoms with Gasteiger partial charge >= 0.3 is 17.9 Å². The van der Waals surface area contributed by atoms with Gasteiger partial charge in [-0.1, -0.05) is 301 Å². The number of hydrogen-bond donors (Lipinski definition) is 0. The van der Waals surface area contributed by atoms with Gasteiger partial charge in [0.25, 0.3) is 0 Å². The summed E-state index contributed by atoms with van der Waals surface area (Å²) in [5.74, 6) is -0.889. The first kappa shape index (κ1) is 68.4. The van der Waals surface area contributed by atoms with Crippen molar-refractivity contribution in [3.8, 4) is 0 Å². The van der Waals surface area contributed by atoms with E-state index < -0.39 is 6.10 Å². The molecule has 0 saturated carbocycles. The number of hydrogen-bond acceptors (Lipinski definition) is 6. The van der Waals surface area contributed by atoms with Crippen LogP contribution in [0, 0.1) is 0 Å². The molecule has 6 nitrogen and oxygen atoms in total. The Balaban J connectivity index is 4.36. The first-order chi connectivity index (χ1) is 35.0. The van der Waals surface area contributed by atoms with Gasteiger partial charge < -0.3 is 14.2 Å². The highest BCUT2D eigenvalue weighted by Crippen LogP contribution is 2.18. The number of rotatable bonds is 57. The van der Waals surface area contributed by atoms with E-state index in [0.717, 1.165) is 89.9 Å². The quantitative estimate of drug-likeness (QED) is 0.0261. The van der Waals surface area contributed by atoms with Gasteiger partial charge in [0.1, 0.15) is 13.2 Å². The zero-order valence-electron chi connectivity index (χ0n) is 47.5. The van der Waals surface area contributed by atoms with E-state index in [9.17, 15) is 14.4 Å². The van der Waals surface area contributed by atoms with Crippen molar-refractivity contribution in [1.29, 1.82) is 0 Å². The molecule has 0 amide bonds. The van der Waals surface area contributed by atoms with Crippen molar-refractivity contribution in [3.63, 3.8) is 0 Å². The Hall–Kier alpha value is -2.63. The molecule has 0 saturated heterocycles. The van der Waals surface area contributed by atoms with E-state index in [1.54, 1.807) is 0 Å². The van der Waals surface area contributed by atoms with Crippen LogP contribution in [-0.4, -0.2) is 37.2 Å². The highest BCUT2D eigenvalue weighted by molar-refractivity contribution is 5.71. The van der Waals surface area contributed by atoms with Crippen LogP contribution >= 0.6 is 0 Å². The molecule has 71 heavy (non-hydrogen) atoms. The molecule has 0 radical (unpaired) electrons. The number of carbonyl (C=O) groups is 3. The van der Waals surface area contributed by atoms with Gasteiger partial charge in [-0.2, -0.15) is 0 Å². The lowest BCUT2D eigenvalue weighted by molar-refractivity contribution is -0.167. The predicted octanol–water partition coefficient (Wildman–Crippen LogP) is 21.0. The highest BCUT2D eigenvalue weighted by Gasteiger charge is 2.19. The van der Waals surface area contributed by atoms with Crippen LogP contribution in [0.15, 0.2) is 48.6 Å². The molecule has 0 aliphatic carbocycles. The fraction of sp³-hybridized carbons (Fsp3) is 0.831. The van der Waals surface area contributed by atoms with Crippen LogP contribution in [0.3, 0.4) is 0 Å². The third kappa shape index (κ3) is 58.1. The molecule has 0 spiro atoms. The second-order valence-corrected chi connectivity index (χ2v) is 21.0. The van der Waals surface area contributed by atoms with E-state index >= 15 is 0 Å². The van der Waals surface area contributed by atoms with Crippen LogP contribution in [0.5, 0.6) is 0 Å². The molecule has 0 aliphatic heterocycles. The molecular weight excluding hydrogens is 877 g/mol. The SMILES string of the molecule is CC/C=C\C/C=C\C/C=C\C/C=C\CCCCCC(=O)OCC(COC(=O)CCCCCCCCCCCCCCCCCCCCC)OC(=O)CCCCCCCCCCCCCCCCCCCC. The van der Waals surface area contributed by atoms with Gasteiger partial charge in [0.2, 0.25) is 0 Å². The maximum atomic E-state index is 12.9. The molecule has 0 heterocycles. The lowest BCUT2D eigenvalue weighted by Gasteiger charge is -2.18. The number of allylic oxidation sites excluding steroid dienone is 8. The summed E-state index contributed by atoms with van der Waals surface area (Å²) in [6.07, 6.45) is 74.0. The second-order valence-electron chi connectivity index (χ2n) is 21.0. The molecule has 0 bridgehead atoms. The fourth-order valence-electron chi connectivity index (χ4n) is 9.20. The molecule has 6 heteroatoms. The minimum atomic E-state index is -0.783. The van der Waals surface area contributed by atoms with Gasteiger partial charge in [-0.15, -0.1) is 0 Å². The number of ether oxygens (including phenoxy) is 3. The van der Waals surface area contributed by atoms with Crippen molar-refractivity contribution < 1.29 is 28.6 Å². The normalized spacial score (nSPS) is 12.3. The molecule has 1 atom stereocenters. The Morgan fingerprint density at radius 2 is 0.549 bits per heavy atom. The molecule has 0 aromatic heterocycles. The van der Waals surface area contributed by atoms with Crippen molar-refractivity contribution in [2.24, 2.45) is 0 Å². The summed E-state index contributed by atoms with van der Waals surface area (Å²) in [4.78, 5) is 38.3. The third-order valence-electron chi connectivity index (χ3n) is 13.8. The molecule has 0 fully saturated rings. The van der Waals surface area contributed by atoms with Gasteiger partial charge in [0, 0.05) is 19.3 Å². The summed E-state index contributed by atoms with van der Waals surface area (Å²) in [5.41, 5.74) is 0. The summed E-state index contributed by atoms with van der Waals surface area (Å²) in [6, 6.07) is 0. The van der Waals surface area contributed by atoms with Crippen molar-refractivity contribution in [3.05, 3.63) is 48.6 Å². The maximum Gasteiger partial charge on any atom is 0.306 e. The smallest absolute Gasteiger partial charge is 0.306 e. The van der Waals surface area contributed by atoms with E-state index in [-0.39, 0.29) is 31.1 Å². The van der Waals surface area contributed by atoms with E-state index in [0.29, 0.717) is 19.3 Å². The lowest BCUT2D eigenvalue weighted by Crippen LogP contribution is -2.30. The molecule has 0 N–H and O–H groups in total. The van der Waals surface area contributed by atoms with Crippen LogP contribution in [-0.2, 0) is 28.6 Å².